The van der Waals surface area contributed by atoms with Crippen LogP contribution < -0.4 is 5.73 Å². The lowest BCUT2D eigenvalue weighted by Crippen LogP contribution is -2.18. The van der Waals surface area contributed by atoms with Crippen LogP contribution in [0.5, 0.6) is 0 Å². The van der Waals surface area contributed by atoms with Crippen LogP contribution in [0.25, 0.3) is 0 Å². The maximum Gasteiger partial charge on any atom is 0.00734 e. The SMILES string of the molecule is CCCCCCC(N)CC=CC1CCCCC1. The average Bonchev–Trinajstić information content (AvgIpc) is 2.36. The van der Waals surface area contributed by atoms with Gasteiger partial charge < -0.3 is 5.73 Å². The van der Waals surface area contributed by atoms with E-state index in [0.717, 1.165) is 12.3 Å². The predicted octanol–water partition coefficient (Wildman–Crippen LogP) is 4.81. The summed E-state index contributed by atoms with van der Waals surface area (Å²) in [6.07, 6.45) is 19.5. The maximum atomic E-state index is 6.12. The lowest BCUT2D eigenvalue weighted by molar-refractivity contribution is 0.418. The van der Waals surface area contributed by atoms with Gasteiger partial charge in [0.05, 0.1) is 0 Å². The second kappa shape index (κ2) is 9.70. The number of rotatable bonds is 8. The Kier molecular flexibility index (Phi) is 8.42. The molecule has 0 amide bonds. The van der Waals surface area contributed by atoms with Crippen molar-refractivity contribution >= 4 is 0 Å². The van der Waals surface area contributed by atoms with Gasteiger partial charge in [-0.05, 0) is 31.6 Å². The van der Waals surface area contributed by atoms with Gasteiger partial charge in [0.2, 0.25) is 0 Å². The first kappa shape index (κ1) is 14.8. The van der Waals surface area contributed by atoms with Crippen molar-refractivity contribution in [2.75, 3.05) is 0 Å². The number of unbranched alkanes of at least 4 members (excludes halogenated alkanes) is 3. The van der Waals surface area contributed by atoms with E-state index in [1.807, 2.05) is 0 Å². The highest BCUT2D eigenvalue weighted by Crippen LogP contribution is 2.24. The first-order chi connectivity index (χ1) is 8.33. The fourth-order valence-corrected chi connectivity index (χ4v) is 2.72. The van der Waals surface area contributed by atoms with Gasteiger partial charge in [-0.25, -0.2) is 0 Å². The first-order valence-electron chi connectivity index (χ1n) is 7.75. The first-order valence-corrected chi connectivity index (χ1v) is 7.75. The minimum absolute atomic E-state index is 0.395. The Morgan fingerprint density at radius 3 is 2.59 bits per heavy atom. The van der Waals surface area contributed by atoms with Crippen molar-refractivity contribution in [2.24, 2.45) is 11.7 Å². The monoisotopic (exact) mass is 237 g/mol. The molecule has 17 heavy (non-hydrogen) atoms. The summed E-state index contributed by atoms with van der Waals surface area (Å²) in [5.74, 6) is 0.857. The Labute approximate surface area is 108 Å². The fraction of sp³-hybridized carbons (Fsp3) is 0.875. The molecule has 0 aliphatic heterocycles. The van der Waals surface area contributed by atoms with Crippen molar-refractivity contribution < 1.29 is 0 Å². The Balaban J connectivity index is 2.01. The third-order valence-electron chi connectivity index (χ3n) is 3.93. The van der Waals surface area contributed by atoms with Crippen molar-refractivity contribution in [3.05, 3.63) is 12.2 Å². The highest BCUT2D eigenvalue weighted by molar-refractivity contribution is 4.91. The smallest absolute Gasteiger partial charge is 0.00734 e. The molecule has 1 atom stereocenters. The molecule has 1 aliphatic carbocycles. The maximum absolute atomic E-state index is 6.12. The molecule has 100 valence electrons. The van der Waals surface area contributed by atoms with Crippen LogP contribution in [-0.2, 0) is 0 Å². The van der Waals surface area contributed by atoms with E-state index in [9.17, 15) is 0 Å². The Bertz CT molecular complexity index is 192. The Morgan fingerprint density at radius 2 is 1.88 bits per heavy atom. The fourth-order valence-electron chi connectivity index (χ4n) is 2.72. The van der Waals surface area contributed by atoms with Crippen LogP contribution in [-0.4, -0.2) is 6.04 Å². The van der Waals surface area contributed by atoms with E-state index < -0.39 is 0 Å². The van der Waals surface area contributed by atoms with Gasteiger partial charge in [-0.1, -0.05) is 64.0 Å². The third-order valence-corrected chi connectivity index (χ3v) is 3.93. The molecule has 0 spiro atoms. The van der Waals surface area contributed by atoms with Gasteiger partial charge in [0.1, 0.15) is 0 Å². The number of nitrogens with two attached hydrogens (primary N) is 1. The standard InChI is InChI=1S/C16H31N/c1-2-3-4-8-13-16(17)14-9-12-15-10-6-5-7-11-15/h9,12,15-16H,2-8,10-11,13-14,17H2,1H3. The van der Waals surface area contributed by atoms with Crippen LogP contribution in [0.2, 0.25) is 0 Å². The molecule has 1 rings (SSSR count). The topological polar surface area (TPSA) is 26.0 Å². The van der Waals surface area contributed by atoms with Gasteiger partial charge in [-0.15, -0.1) is 0 Å². The van der Waals surface area contributed by atoms with Crippen LogP contribution in [0.3, 0.4) is 0 Å². The van der Waals surface area contributed by atoms with Crippen molar-refractivity contribution in [1.29, 1.82) is 0 Å². The molecule has 1 unspecified atom stereocenters. The minimum atomic E-state index is 0.395. The Morgan fingerprint density at radius 1 is 1.12 bits per heavy atom. The average molecular weight is 237 g/mol. The van der Waals surface area contributed by atoms with Crippen molar-refractivity contribution in [3.8, 4) is 0 Å². The molecule has 0 aromatic carbocycles. The Hall–Kier alpha value is -0.300. The molecule has 0 bridgehead atoms. The number of allylic oxidation sites excluding steroid dienone is 1. The largest absolute Gasteiger partial charge is 0.327 e. The molecular formula is C16H31N. The van der Waals surface area contributed by atoms with E-state index in [1.54, 1.807) is 0 Å². The van der Waals surface area contributed by atoms with Crippen LogP contribution in [0.1, 0.15) is 77.6 Å². The third kappa shape index (κ3) is 7.59. The predicted molar refractivity (Wildman–Crippen MR) is 77.1 cm³/mol. The summed E-state index contributed by atoms with van der Waals surface area (Å²) in [5, 5.41) is 0. The normalized spacial score (nSPS) is 19.9. The quantitative estimate of drug-likeness (QED) is 0.476. The molecule has 0 aromatic rings. The van der Waals surface area contributed by atoms with E-state index in [0.29, 0.717) is 6.04 Å². The lowest BCUT2D eigenvalue weighted by Gasteiger charge is -2.18. The molecule has 0 aromatic heterocycles. The van der Waals surface area contributed by atoms with Gasteiger partial charge in [0.25, 0.3) is 0 Å². The second-order valence-corrected chi connectivity index (χ2v) is 5.67. The molecule has 0 saturated heterocycles. The molecule has 2 N–H and O–H groups in total. The van der Waals surface area contributed by atoms with E-state index >= 15 is 0 Å². The highest BCUT2D eigenvalue weighted by Gasteiger charge is 2.09. The van der Waals surface area contributed by atoms with Crippen LogP contribution >= 0.6 is 0 Å². The van der Waals surface area contributed by atoms with E-state index in [-0.39, 0.29) is 0 Å². The van der Waals surface area contributed by atoms with Crippen molar-refractivity contribution in [3.63, 3.8) is 0 Å². The molecule has 1 aliphatic rings. The molecule has 1 saturated carbocycles. The zero-order valence-corrected chi connectivity index (χ0v) is 11.7. The number of hydrogen-bond acceptors (Lipinski definition) is 1. The summed E-state index contributed by atoms with van der Waals surface area (Å²) < 4.78 is 0. The summed E-state index contributed by atoms with van der Waals surface area (Å²) in [5.41, 5.74) is 6.12. The van der Waals surface area contributed by atoms with E-state index in [2.05, 4.69) is 19.1 Å². The molecular weight excluding hydrogens is 206 g/mol. The van der Waals surface area contributed by atoms with Crippen LogP contribution in [0.4, 0.5) is 0 Å². The molecule has 1 heteroatoms. The zero-order chi connectivity index (χ0) is 12.3. The van der Waals surface area contributed by atoms with Gasteiger partial charge in [0, 0.05) is 6.04 Å². The van der Waals surface area contributed by atoms with E-state index in [1.165, 1.54) is 64.2 Å². The molecule has 1 nitrogen and oxygen atoms in total. The van der Waals surface area contributed by atoms with Crippen molar-refractivity contribution in [1.82, 2.24) is 0 Å². The molecule has 0 radical (unpaired) electrons. The second-order valence-electron chi connectivity index (χ2n) is 5.67. The minimum Gasteiger partial charge on any atom is -0.327 e. The van der Waals surface area contributed by atoms with Gasteiger partial charge in [-0.2, -0.15) is 0 Å². The number of hydrogen-bond donors (Lipinski definition) is 1. The van der Waals surface area contributed by atoms with Crippen LogP contribution in [0.15, 0.2) is 12.2 Å². The van der Waals surface area contributed by atoms with Crippen molar-refractivity contribution in [2.45, 2.75) is 83.6 Å². The summed E-state index contributed by atoms with van der Waals surface area (Å²) in [6.45, 7) is 2.26. The van der Waals surface area contributed by atoms with Gasteiger partial charge >= 0.3 is 0 Å². The molecule has 0 heterocycles. The summed E-state index contributed by atoms with van der Waals surface area (Å²) in [6, 6.07) is 0.395. The summed E-state index contributed by atoms with van der Waals surface area (Å²) >= 11 is 0. The van der Waals surface area contributed by atoms with Gasteiger partial charge in [-0.3, -0.25) is 0 Å². The lowest BCUT2D eigenvalue weighted by atomic mass is 9.89. The highest BCUT2D eigenvalue weighted by atomic mass is 14.6. The van der Waals surface area contributed by atoms with Crippen LogP contribution in [0, 0.1) is 5.92 Å². The summed E-state index contributed by atoms with van der Waals surface area (Å²) in [4.78, 5) is 0. The summed E-state index contributed by atoms with van der Waals surface area (Å²) in [7, 11) is 0. The van der Waals surface area contributed by atoms with Gasteiger partial charge in [0.15, 0.2) is 0 Å². The molecule has 1 fully saturated rings. The van der Waals surface area contributed by atoms with E-state index in [4.69, 9.17) is 5.73 Å². The zero-order valence-electron chi connectivity index (χ0n) is 11.7.